The molecule has 2 aliphatic heterocycles. The Morgan fingerprint density at radius 1 is 0.880 bits per heavy atom. The standard InChI is InChI=1S/C52H70N6O17/c1-29-23-34(48(64)53-19-9-15-35-27-57(55-54-35)21-10-20-56-22-18-33-25-36(58(68)69)16-17-37(33)56)26-38(45(29)75-51-44(63)43(62)41(60)30(2)70-51)72-52-47(74-50(67)32-13-7-4-8-14-32)46(42(61)40(28-59)73-52)71-39(49(65)66)24-31-11-5-3-6-12-31/h4,7-8,13-14,16-18,22,25,27,29-31,34,38-47,51-52,59-63H,3,5-6,9-12,15,19-21,23-24,26,28H2,1-2H3,(H,53,64)(H,65,66)/t29-,30-,34+,38+,39-,40+,41+,42-,43+,44-,45+,46-,47+,51-,52+/m0/s1. The second kappa shape index (κ2) is 25.6. The Labute approximate surface area is 433 Å². The largest absolute Gasteiger partial charge is 0.479 e. The molecule has 23 heteroatoms. The summed E-state index contributed by atoms with van der Waals surface area (Å²) in [5, 5.41) is 88.5. The van der Waals surface area contributed by atoms with Gasteiger partial charge in [0.2, 0.25) is 5.91 Å². The van der Waals surface area contributed by atoms with Gasteiger partial charge in [-0.2, -0.15) is 0 Å². The van der Waals surface area contributed by atoms with Crippen LogP contribution < -0.4 is 5.32 Å². The molecule has 4 aromatic rings. The van der Waals surface area contributed by atoms with E-state index in [0.29, 0.717) is 25.9 Å². The van der Waals surface area contributed by atoms with Crippen LogP contribution in [-0.4, -0.2) is 166 Å². The number of nitrogens with zero attached hydrogens (tertiary/aromatic N) is 5. The summed E-state index contributed by atoms with van der Waals surface area (Å²) in [7, 11) is 0. The number of esters is 1. The molecule has 2 aliphatic carbocycles. The molecule has 0 bridgehead atoms. The van der Waals surface area contributed by atoms with Gasteiger partial charge in [0.15, 0.2) is 24.8 Å². The van der Waals surface area contributed by atoms with Crippen LogP contribution in [0.15, 0.2) is 67.0 Å². The number of benzene rings is 2. The zero-order chi connectivity index (χ0) is 53.3. The number of nitro benzene ring substituents is 1. The number of carboxylic acid groups (broad SMARTS) is 1. The lowest BCUT2D eigenvalue weighted by Gasteiger charge is -2.48. The van der Waals surface area contributed by atoms with E-state index in [1.54, 1.807) is 41.9 Å². The zero-order valence-electron chi connectivity index (χ0n) is 42.1. The van der Waals surface area contributed by atoms with Gasteiger partial charge in [-0.3, -0.25) is 19.6 Å². The molecule has 4 heterocycles. The van der Waals surface area contributed by atoms with Crippen molar-refractivity contribution in [1.29, 1.82) is 0 Å². The predicted molar refractivity (Wildman–Crippen MR) is 263 cm³/mol. The summed E-state index contributed by atoms with van der Waals surface area (Å²) >= 11 is 0. The minimum absolute atomic E-state index is 0.0284. The van der Waals surface area contributed by atoms with Crippen molar-refractivity contribution >= 4 is 34.4 Å². The van der Waals surface area contributed by atoms with E-state index in [9.17, 15) is 55.1 Å². The highest BCUT2D eigenvalue weighted by atomic mass is 16.7. The van der Waals surface area contributed by atoms with Crippen LogP contribution in [0.4, 0.5) is 5.69 Å². The van der Waals surface area contributed by atoms with Crippen molar-refractivity contribution in [3.8, 4) is 0 Å². The number of hydrogen-bond acceptors (Lipinski definition) is 18. The monoisotopic (exact) mass is 1050 g/mol. The summed E-state index contributed by atoms with van der Waals surface area (Å²) in [5.41, 5.74) is 1.78. The lowest BCUT2D eigenvalue weighted by molar-refractivity contribution is -0.384. The molecular formula is C52H70N6O17. The summed E-state index contributed by atoms with van der Waals surface area (Å²) in [6.45, 7) is 4.06. The molecule has 23 nitrogen and oxygen atoms in total. The number of aliphatic hydroxyl groups is 5. The van der Waals surface area contributed by atoms with Crippen molar-refractivity contribution < 1.29 is 78.4 Å². The molecular weight excluding hydrogens is 981 g/mol. The highest BCUT2D eigenvalue weighted by Gasteiger charge is 2.54. The summed E-state index contributed by atoms with van der Waals surface area (Å²) in [6.07, 6.45) is -8.42. The van der Waals surface area contributed by atoms with E-state index in [1.807, 2.05) is 23.0 Å². The molecule has 0 spiro atoms. The number of nitrogens with one attached hydrogen (secondary N) is 1. The lowest BCUT2D eigenvalue weighted by atomic mass is 9.77. The van der Waals surface area contributed by atoms with Gasteiger partial charge in [-0.15, -0.1) is 5.10 Å². The SMILES string of the molecule is C[C@@H]1O[C@@H](O[C@@H]2[C@@H](C)C[C@@H](C(=O)NCCCc3cn(CCCn4ccc5cc([N+](=O)[O-])ccc54)nn3)C[C@H]2O[C@@H]2O[C@H](CO)[C@H](O)[C@H](O[C@@H](CC3CCCCC3)C(=O)O)[C@H]2OC(=O)c2ccccc2)[C@@H](O)[C@H](O)[C@@H]1O. The molecule has 75 heavy (non-hydrogen) atoms. The Morgan fingerprint density at radius 3 is 2.39 bits per heavy atom. The Hall–Kier alpha value is -5.47. The molecule has 0 unspecified atom stereocenters. The molecule has 4 fully saturated rings. The van der Waals surface area contributed by atoms with Crippen LogP contribution in [0.1, 0.15) is 94.1 Å². The number of carbonyl (C=O) groups is 3. The second-order valence-corrected chi connectivity index (χ2v) is 20.5. The number of fused-ring (bicyclic) bond motifs is 1. The van der Waals surface area contributed by atoms with Crippen LogP contribution in [0.25, 0.3) is 10.9 Å². The first-order valence-corrected chi connectivity index (χ1v) is 26.1. The van der Waals surface area contributed by atoms with E-state index in [0.717, 1.165) is 55.1 Å². The molecule has 2 aromatic heterocycles. The first kappa shape index (κ1) is 55.8. The molecule has 15 atom stereocenters. The predicted octanol–water partition coefficient (Wildman–Crippen LogP) is 3.04. The fourth-order valence-corrected chi connectivity index (χ4v) is 10.9. The number of aliphatic carboxylic acids is 1. The first-order valence-electron chi connectivity index (χ1n) is 26.1. The summed E-state index contributed by atoms with van der Waals surface area (Å²) in [5.74, 6) is -3.66. The number of rotatable bonds is 22. The minimum Gasteiger partial charge on any atom is -0.479 e. The Kier molecular flexibility index (Phi) is 19.0. The molecule has 2 aromatic carbocycles. The fourth-order valence-electron chi connectivity index (χ4n) is 10.9. The van der Waals surface area contributed by atoms with Crippen LogP contribution >= 0.6 is 0 Å². The van der Waals surface area contributed by atoms with Crippen molar-refractivity contribution in [2.75, 3.05) is 13.2 Å². The molecule has 8 rings (SSSR count). The smallest absolute Gasteiger partial charge is 0.338 e. The van der Waals surface area contributed by atoms with Gasteiger partial charge in [0.1, 0.15) is 36.6 Å². The minimum atomic E-state index is -1.70. The molecule has 1 amide bonds. The number of aromatic nitrogens is 4. The quantitative estimate of drug-likeness (QED) is 0.0257. The van der Waals surface area contributed by atoms with Gasteiger partial charge >= 0.3 is 11.9 Å². The third kappa shape index (κ3) is 13.7. The van der Waals surface area contributed by atoms with E-state index in [4.69, 9.17) is 28.4 Å². The third-order valence-electron chi connectivity index (χ3n) is 15.0. The first-order chi connectivity index (χ1) is 36.1. The molecule has 7 N–H and O–H groups in total. The van der Waals surface area contributed by atoms with Crippen LogP contribution in [0.2, 0.25) is 0 Å². The maximum absolute atomic E-state index is 14.1. The average molecular weight is 1050 g/mol. The summed E-state index contributed by atoms with van der Waals surface area (Å²) in [6, 6.07) is 14.6. The summed E-state index contributed by atoms with van der Waals surface area (Å²) < 4.78 is 41.2. The number of aryl methyl sites for hydroxylation is 3. The molecule has 0 radical (unpaired) electrons. The van der Waals surface area contributed by atoms with E-state index in [2.05, 4.69) is 15.6 Å². The number of non-ortho nitro benzene ring substituents is 1. The van der Waals surface area contributed by atoms with Crippen LogP contribution in [0.3, 0.4) is 0 Å². The average Bonchev–Trinajstić information content (AvgIpc) is 4.04. The Morgan fingerprint density at radius 2 is 1.65 bits per heavy atom. The zero-order valence-corrected chi connectivity index (χ0v) is 42.1. The van der Waals surface area contributed by atoms with Crippen LogP contribution in [0, 0.1) is 27.9 Å². The van der Waals surface area contributed by atoms with E-state index in [-0.39, 0.29) is 48.9 Å². The van der Waals surface area contributed by atoms with Crippen molar-refractivity contribution in [2.24, 2.45) is 17.8 Å². The number of nitro groups is 1. The second-order valence-electron chi connectivity index (χ2n) is 20.5. The normalized spacial score (nSPS) is 30.9. The van der Waals surface area contributed by atoms with E-state index >= 15 is 0 Å². The van der Waals surface area contributed by atoms with Gasteiger partial charge < -0.3 is 68.9 Å². The Bertz CT molecular complexity index is 2520. The van der Waals surface area contributed by atoms with Gasteiger partial charge in [-0.05, 0) is 81.5 Å². The lowest BCUT2D eigenvalue weighted by Crippen LogP contribution is -2.64. The van der Waals surface area contributed by atoms with Gasteiger partial charge in [0, 0.05) is 61.0 Å². The fraction of sp³-hybridized carbons (Fsp3) is 0.635. The molecule has 2 saturated carbocycles. The van der Waals surface area contributed by atoms with Gasteiger partial charge in [-0.1, -0.05) is 62.4 Å². The van der Waals surface area contributed by atoms with Crippen molar-refractivity contribution in [3.05, 3.63) is 88.4 Å². The summed E-state index contributed by atoms with van der Waals surface area (Å²) in [4.78, 5) is 51.6. The van der Waals surface area contributed by atoms with Crippen molar-refractivity contribution in [3.63, 3.8) is 0 Å². The van der Waals surface area contributed by atoms with E-state index in [1.165, 1.54) is 25.1 Å². The van der Waals surface area contributed by atoms with E-state index < -0.39 is 115 Å². The Balaban J connectivity index is 0.959. The topological polar surface area (TPSA) is 319 Å². The number of hydrogen-bond donors (Lipinski definition) is 7. The van der Waals surface area contributed by atoms with Crippen molar-refractivity contribution in [1.82, 2.24) is 24.9 Å². The van der Waals surface area contributed by atoms with Crippen LogP contribution in [-0.2, 0) is 57.5 Å². The highest BCUT2D eigenvalue weighted by Crippen LogP contribution is 2.39. The maximum atomic E-state index is 14.1. The molecule has 4 aliphatic rings. The van der Waals surface area contributed by atoms with Gasteiger partial charge in [0.05, 0.1) is 41.1 Å². The number of carboxylic acids is 1. The maximum Gasteiger partial charge on any atom is 0.338 e. The highest BCUT2D eigenvalue weighted by molar-refractivity contribution is 5.89. The number of aliphatic hydroxyl groups excluding tert-OH is 5. The van der Waals surface area contributed by atoms with Gasteiger partial charge in [-0.25, -0.2) is 9.59 Å². The molecule has 2 saturated heterocycles. The number of carbonyl (C=O) groups excluding carboxylic acids is 2. The van der Waals surface area contributed by atoms with Gasteiger partial charge in [0.25, 0.3) is 5.69 Å². The number of amides is 1. The molecule has 410 valence electrons. The third-order valence-corrected chi connectivity index (χ3v) is 15.0. The van der Waals surface area contributed by atoms with Crippen molar-refractivity contribution in [2.45, 2.75) is 177 Å². The van der Waals surface area contributed by atoms with Crippen LogP contribution in [0.5, 0.6) is 0 Å². The number of ether oxygens (including phenoxy) is 6.